The fraction of sp³-hybridized carbons (Fsp3) is 0.824. The number of aldehydes is 1. The highest BCUT2D eigenvalue weighted by molar-refractivity contribution is 5.48. The predicted molar refractivity (Wildman–Crippen MR) is 84.3 cm³/mol. The molecule has 0 atom stereocenters. The Hall–Kier alpha value is -0.790. The number of hydrogen-bond donors (Lipinski definition) is 0. The fourth-order valence-corrected chi connectivity index (χ4v) is 1.73. The van der Waals surface area contributed by atoms with Crippen LogP contribution in [0.2, 0.25) is 0 Å². The fourth-order valence-electron chi connectivity index (χ4n) is 1.73. The van der Waals surface area contributed by atoms with Crippen LogP contribution >= 0.6 is 0 Å². The summed E-state index contributed by atoms with van der Waals surface area (Å²) in [6.07, 6.45) is 12.5. The maximum Gasteiger partial charge on any atom is 0.120 e. The Morgan fingerprint density at radius 1 is 1.00 bits per heavy atom. The minimum absolute atomic E-state index is 0.588. The van der Waals surface area contributed by atoms with Gasteiger partial charge in [0.25, 0.3) is 0 Å². The van der Waals surface area contributed by atoms with Gasteiger partial charge in [-0.25, -0.2) is 0 Å². The molecule has 0 radical (unpaired) electrons. The van der Waals surface area contributed by atoms with E-state index in [-0.39, 0.29) is 0 Å². The van der Waals surface area contributed by atoms with Crippen molar-refractivity contribution in [3.05, 3.63) is 12.3 Å². The van der Waals surface area contributed by atoms with E-state index < -0.39 is 0 Å². The van der Waals surface area contributed by atoms with Crippen LogP contribution in [0, 0.1) is 0 Å². The van der Waals surface area contributed by atoms with Crippen LogP contribution < -0.4 is 0 Å². The van der Waals surface area contributed by atoms with Crippen molar-refractivity contribution in [1.29, 1.82) is 0 Å². The molecule has 114 valence electrons. The first-order chi connectivity index (χ1) is 9.31. The summed E-state index contributed by atoms with van der Waals surface area (Å²) < 4.78 is 5.44. The molecule has 0 aromatic heterocycles. The zero-order chi connectivity index (χ0) is 14.8. The van der Waals surface area contributed by atoms with Crippen molar-refractivity contribution >= 4 is 6.29 Å². The number of rotatable bonds is 13. The van der Waals surface area contributed by atoms with Crippen molar-refractivity contribution in [2.24, 2.45) is 0 Å². The van der Waals surface area contributed by atoms with Crippen molar-refractivity contribution in [1.82, 2.24) is 0 Å². The van der Waals surface area contributed by atoms with Gasteiger partial charge in [-0.3, -0.25) is 0 Å². The van der Waals surface area contributed by atoms with Gasteiger partial charge in [0.2, 0.25) is 0 Å². The highest BCUT2D eigenvalue weighted by atomic mass is 16.5. The Kier molecular flexibility index (Phi) is 21.1. The van der Waals surface area contributed by atoms with Gasteiger partial charge in [0.1, 0.15) is 6.29 Å². The van der Waals surface area contributed by atoms with E-state index in [9.17, 15) is 4.79 Å². The molecule has 0 aromatic carbocycles. The lowest BCUT2D eigenvalue weighted by Crippen LogP contribution is -1.95. The van der Waals surface area contributed by atoms with Gasteiger partial charge in [-0.1, -0.05) is 65.9 Å². The molecule has 0 amide bonds. The molecule has 0 saturated carbocycles. The smallest absolute Gasteiger partial charge is 0.120 e. The Morgan fingerprint density at radius 3 is 2.16 bits per heavy atom. The second-order valence-corrected chi connectivity index (χ2v) is 4.57. The molecule has 0 N–H and O–H groups in total. The van der Waals surface area contributed by atoms with E-state index >= 15 is 0 Å². The third kappa shape index (κ3) is 19.7. The van der Waals surface area contributed by atoms with E-state index in [1.165, 1.54) is 44.9 Å². The van der Waals surface area contributed by atoms with Crippen LogP contribution in [0.3, 0.4) is 0 Å². The maximum atomic E-state index is 10.1. The van der Waals surface area contributed by atoms with Crippen LogP contribution in [0.4, 0.5) is 0 Å². The summed E-state index contributed by atoms with van der Waals surface area (Å²) in [5, 5.41) is 0. The molecule has 19 heavy (non-hydrogen) atoms. The minimum atomic E-state index is 0.588. The number of ether oxygens (including phenoxy) is 1. The minimum Gasteiger partial charge on any atom is -0.499 e. The lowest BCUT2D eigenvalue weighted by Gasteiger charge is -2.08. The molecule has 0 spiro atoms. The van der Waals surface area contributed by atoms with Gasteiger partial charge in [0.05, 0.1) is 12.4 Å². The number of unbranched alkanes of at least 4 members (excludes halogenated alkanes) is 7. The molecule has 0 rings (SSSR count). The summed E-state index contributed by atoms with van der Waals surface area (Å²) in [7, 11) is 0. The number of hydrogen-bond acceptors (Lipinski definition) is 2. The highest BCUT2D eigenvalue weighted by Crippen LogP contribution is 2.12. The molecule has 0 aliphatic heterocycles. The zero-order valence-corrected chi connectivity index (χ0v) is 13.4. The van der Waals surface area contributed by atoms with Gasteiger partial charge in [-0.15, -0.1) is 0 Å². The van der Waals surface area contributed by atoms with Crippen molar-refractivity contribution in [2.45, 2.75) is 85.0 Å². The molecule has 0 aliphatic carbocycles. The van der Waals surface area contributed by atoms with Gasteiger partial charge in [0, 0.05) is 12.8 Å². The van der Waals surface area contributed by atoms with Gasteiger partial charge in [0.15, 0.2) is 0 Å². The van der Waals surface area contributed by atoms with E-state index in [1.807, 2.05) is 13.8 Å². The quantitative estimate of drug-likeness (QED) is 0.245. The second kappa shape index (κ2) is 19.5. The largest absolute Gasteiger partial charge is 0.499 e. The maximum absolute atomic E-state index is 10.1. The van der Waals surface area contributed by atoms with E-state index in [4.69, 9.17) is 4.74 Å². The summed E-state index contributed by atoms with van der Waals surface area (Å²) >= 11 is 0. The Bertz CT molecular complexity index is 188. The average Bonchev–Trinajstić information content (AvgIpc) is 2.45. The van der Waals surface area contributed by atoms with Crippen LogP contribution in [0.1, 0.15) is 85.0 Å². The van der Waals surface area contributed by atoms with Crippen molar-refractivity contribution in [2.75, 3.05) is 6.61 Å². The lowest BCUT2D eigenvalue weighted by molar-refractivity contribution is -0.108. The first kappa shape index (κ1) is 20.5. The second-order valence-electron chi connectivity index (χ2n) is 4.57. The highest BCUT2D eigenvalue weighted by Gasteiger charge is 1.96. The summed E-state index contributed by atoms with van der Waals surface area (Å²) in [5.74, 6) is 0.879. The molecule has 2 nitrogen and oxygen atoms in total. The van der Waals surface area contributed by atoms with Gasteiger partial charge in [-0.05, 0) is 12.8 Å². The molecule has 0 fully saturated rings. The van der Waals surface area contributed by atoms with E-state index in [1.54, 1.807) is 0 Å². The first-order valence-corrected chi connectivity index (χ1v) is 8.05. The van der Waals surface area contributed by atoms with Gasteiger partial charge < -0.3 is 9.53 Å². The summed E-state index contributed by atoms with van der Waals surface area (Å²) in [6.45, 7) is 10.8. The predicted octanol–water partition coefficient (Wildman–Crippen LogP) is 5.66. The number of allylic oxidation sites excluding steroid dienone is 1. The van der Waals surface area contributed by atoms with E-state index in [0.29, 0.717) is 13.0 Å². The Balaban J connectivity index is 0. The normalized spacial score (nSPS) is 9.42. The Labute approximate surface area is 120 Å². The average molecular weight is 270 g/mol. The third-order valence-electron chi connectivity index (χ3n) is 2.83. The van der Waals surface area contributed by atoms with Gasteiger partial charge in [-0.2, -0.15) is 0 Å². The van der Waals surface area contributed by atoms with Crippen LogP contribution in [-0.2, 0) is 9.53 Å². The molecule has 2 heteroatoms. The molecule has 0 saturated heterocycles. The van der Waals surface area contributed by atoms with Crippen LogP contribution in [0.15, 0.2) is 12.3 Å². The molecule has 0 unspecified atom stereocenters. The summed E-state index contributed by atoms with van der Waals surface area (Å²) in [6, 6.07) is 0. The Morgan fingerprint density at radius 2 is 1.58 bits per heavy atom. The monoisotopic (exact) mass is 270 g/mol. The number of carbonyl (C=O) groups excluding carboxylic acids is 1. The van der Waals surface area contributed by atoms with Crippen LogP contribution in [0.5, 0.6) is 0 Å². The van der Waals surface area contributed by atoms with Crippen molar-refractivity contribution in [3.63, 3.8) is 0 Å². The van der Waals surface area contributed by atoms with E-state index in [2.05, 4.69) is 13.5 Å². The van der Waals surface area contributed by atoms with Crippen molar-refractivity contribution in [3.8, 4) is 0 Å². The van der Waals surface area contributed by atoms with Crippen LogP contribution in [-0.4, -0.2) is 12.9 Å². The SMILES string of the molecule is C=C(CCCCCCCCC)OCCCC=O.CC. The molecular weight excluding hydrogens is 236 g/mol. The summed E-state index contributed by atoms with van der Waals surface area (Å²) in [5.41, 5.74) is 0. The third-order valence-corrected chi connectivity index (χ3v) is 2.83. The number of carbonyl (C=O) groups is 1. The lowest BCUT2D eigenvalue weighted by atomic mass is 10.1. The molecule has 0 bridgehead atoms. The molecular formula is C17H34O2. The molecule has 0 heterocycles. The van der Waals surface area contributed by atoms with Gasteiger partial charge >= 0.3 is 0 Å². The van der Waals surface area contributed by atoms with E-state index in [0.717, 1.165) is 24.9 Å². The molecule has 0 aromatic rings. The van der Waals surface area contributed by atoms with Crippen LogP contribution in [0.25, 0.3) is 0 Å². The molecule has 0 aliphatic rings. The zero-order valence-electron chi connectivity index (χ0n) is 13.4. The first-order valence-electron chi connectivity index (χ1n) is 8.05. The summed E-state index contributed by atoms with van der Waals surface area (Å²) in [4.78, 5) is 10.1. The standard InChI is InChI=1S/C15H28O2.C2H6/c1-3-4-5-6-7-8-9-12-15(2)17-14-11-10-13-16;1-2/h13H,2-12,14H2,1H3;1-2H3. The van der Waals surface area contributed by atoms with Crippen molar-refractivity contribution < 1.29 is 9.53 Å². The topological polar surface area (TPSA) is 26.3 Å².